The number of nitrogens with zero attached hydrogens (tertiary/aromatic N) is 1. The van der Waals surface area contributed by atoms with Gasteiger partial charge in [-0.25, -0.2) is 4.79 Å². The summed E-state index contributed by atoms with van der Waals surface area (Å²) in [6, 6.07) is 0. The number of rotatable bonds is 2. The zero-order chi connectivity index (χ0) is 9.42. The molecule has 1 atom stereocenters. The molecular weight excluding hydrogens is 179 g/mol. The average molecular weight is 186 g/mol. The summed E-state index contributed by atoms with van der Waals surface area (Å²) in [5, 5.41) is 0. The van der Waals surface area contributed by atoms with E-state index in [1.807, 2.05) is 4.98 Å². The molecule has 0 amide bonds. The Morgan fingerprint density at radius 3 is 3.00 bits per heavy atom. The summed E-state index contributed by atoms with van der Waals surface area (Å²) in [5.41, 5.74) is -1.60. The van der Waals surface area contributed by atoms with Crippen molar-refractivity contribution in [2.45, 2.75) is 12.6 Å². The van der Waals surface area contributed by atoms with E-state index in [0.717, 1.165) is 10.8 Å². The minimum absolute atomic E-state index is 0.0250. The van der Waals surface area contributed by atoms with Gasteiger partial charge in [0.15, 0.2) is 0 Å². The number of hydrogen-bond acceptors (Lipinski definition) is 3. The molecule has 1 aliphatic rings. The third-order valence-corrected chi connectivity index (χ3v) is 1.77. The Bertz CT molecular complexity index is 432. The fourth-order valence-corrected chi connectivity index (χ4v) is 1.01. The van der Waals surface area contributed by atoms with Gasteiger partial charge in [0, 0.05) is 0 Å². The Balaban J connectivity index is 2.38. The Kier molecular flexibility index (Phi) is 1.77. The lowest BCUT2D eigenvalue weighted by Crippen LogP contribution is -2.32. The van der Waals surface area contributed by atoms with E-state index < -0.39 is 17.1 Å². The van der Waals surface area contributed by atoms with Crippen molar-refractivity contribution < 1.29 is 9.13 Å². The molecule has 1 unspecified atom stereocenters. The van der Waals surface area contributed by atoms with Crippen molar-refractivity contribution in [3.63, 3.8) is 0 Å². The summed E-state index contributed by atoms with van der Waals surface area (Å²) in [4.78, 5) is 23.5. The van der Waals surface area contributed by atoms with Crippen LogP contribution in [0, 0.1) is 5.82 Å². The predicted molar refractivity (Wildman–Crippen MR) is 41.0 cm³/mol. The van der Waals surface area contributed by atoms with Crippen LogP contribution in [-0.2, 0) is 11.3 Å². The number of H-pyrrole nitrogens is 1. The van der Waals surface area contributed by atoms with Gasteiger partial charge in [0.1, 0.15) is 0 Å². The second-order valence-corrected chi connectivity index (χ2v) is 2.84. The normalized spacial score (nSPS) is 20.2. The highest BCUT2D eigenvalue weighted by Crippen LogP contribution is 2.09. The first kappa shape index (κ1) is 8.18. The van der Waals surface area contributed by atoms with Gasteiger partial charge in [-0.3, -0.25) is 14.3 Å². The number of halogens is 1. The molecule has 0 radical (unpaired) electrons. The molecule has 6 heteroatoms. The summed E-state index contributed by atoms with van der Waals surface area (Å²) < 4.78 is 18.6. The van der Waals surface area contributed by atoms with Gasteiger partial charge in [0.05, 0.1) is 25.5 Å². The second kappa shape index (κ2) is 2.81. The predicted octanol–water partition coefficient (Wildman–Crippen LogP) is -0.925. The average Bonchev–Trinajstić information content (AvgIpc) is 2.84. The number of nitrogens with one attached hydrogen (secondary N) is 1. The Labute approximate surface area is 71.8 Å². The highest BCUT2D eigenvalue weighted by atomic mass is 19.1. The molecule has 2 rings (SSSR count). The smallest absolute Gasteiger partial charge is 0.328 e. The first-order chi connectivity index (χ1) is 6.16. The molecular formula is C7H7FN2O3. The van der Waals surface area contributed by atoms with E-state index >= 15 is 0 Å². The number of epoxide rings is 1. The van der Waals surface area contributed by atoms with Crippen molar-refractivity contribution in [3.05, 3.63) is 32.9 Å². The fourth-order valence-electron chi connectivity index (χ4n) is 1.01. The minimum Gasteiger partial charge on any atom is -0.371 e. The van der Waals surface area contributed by atoms with E-state index in [0.29, 0.717) is 6.61 Å². The van der Waals surface area contributed by atoms with Crippen molar-refractivity contribution in [1.29, 1.82) is 0 Å². The van der Waals surface area contributed by atoms with Crippen LogP contribution >= 0.6 is 0 Å². The van der Waals surface area contributed by atoms with Crippen LogP contribution in [0.4, 0.5) is 4.39 Å². The Morgan fingerprint density at radius 1 is 1.69 bits per heavy atom. The minimum atomic E-state index is -0.988. The monoisotopic (exact) mass is 186 g/mol. The lowest BCUT2D eigenvalue weighted by Gasteiger charge is -2.00. The van der Waals surface area contributed by atoms with Gasteiger partial charge in [-0.1, -0.05) is 0 Å². The van der Waals surface area contributed by atoms with Crippen LogP contribution in [0.25, 0.3) is 0 Å². The molecule has 2 heterocycles. The standard InChI is InChI=1S/C7H7FN2O3/c8-5-2-10(1-4-3-13-4)7(12)9-6(5)11/h2,4H,1,3H2,(H,9,11,12). The molecule has 0 aliphatic carbocycles. The highest BCUT2D eigenvalue weighted by Gasteiger charge is 2.23. The van der Waals surface area contributed by atoms with E-state index in [1.165, 1.54) is 0 Å². The Hall–Kier alpha value is -1.43. The maximum atomic E-state index is 12.7. The summed E-state index contributed by atoms with van der Waals surface area (Å²) in [6.45, 7) is 0.861. The summed E-state index contributed by atoms with van der Waals surface area (Å²) in [7, 11) is 0. The van der Waals surface area contributed by atoms with Gasteiger partial charge in [-0.15, -0.1) is 0 Å². The van der Waals surface area contributed by atoms with Gasteiger partial charge < -0.3 is 4.74 Å². The molecule has 0 bridgehead atoms. The number of hydrogen-bond donors (Lipinski definition) is 1. The molecule has 5 nitrogen and oxygen atoms in total. The van der Waals surface area contributed by atoms with Crippen molar-refractivity contribution in [3.8, 4) is 0 Å². The van der Waals surface area contributed by atoms with Gasteiger partial charge in [-0.2, -0.15) is 4.39 Å². The molecule has 1 aliphatic heterocycles. The van der Waals surface area contributed by atoms with Crippen LogP contribution in [0.15, 0.2) is 15.8 Å². The molecule has 1 fully saturated rings. The van der Waals surface area contributed by atoms with Crippen LogP contribution in [-0.4, -0.2) is 22.3 Å². The van der Waals surface area contributed by atoms with Crippen molar-refractivity contribution in [1.82, 2.24) is 9.55 Å². The van der Waals surface area contributed by atoms with Crippen LogP contribution < -0.4 is 11.2 Å². The zero-order valence-corrected chi connectivity index (χ0v) is 6.62. The van der Waals surface area contributed by atoms with Gasteiger partial charge >= 0.3 is 5.69 Å². The van der Waals surface area contributed by atoms with E-state index in [2.05, 4.69) is 0 Å². The van der Waals surface area contributed by atoms with Crippen LogP contribution in [0.5, 0.6) is 0 Å². The van der Waals surface area contributed by atoms with Gasteiger partial charge in [-0.05, 0) is 0 Å². The van der Waals surface area contributed by atoms with Crippen LogP contribution in [0.3, 0.4) is 0 Å². The molecule has 0 saturated carbocycles. The highest BCUT2D eigenvalue weighted by molar-refractivity contribution is 4.88. The number of aromatic amines is 1. The lowest BCUT2D eigenvalue weighted by atomic mass is 10.4. The van der Waals surface area contributed by atoms with E-state index in [4.69, 9.17) is 4.74 Å². The zero-order valence-electron chi connectivity index (χ0n) is 6.62. The molecule has 0 aromatic carbocycles. The molecule has 70 valence electrons. The first-order valence-corrected chi connectivity index (χ1v) is 3.77. The maximum absolute atomic E-state index is 12.7. The topological polar surface area (TPSA) is 67.4 Å². The van der Waals surface area contributed by atoms with E-state index in [1.54, 1.807) is 0 Å². The third-order valence-electron chi connectivity index (χ3n) is 1.77. The summed E-state index contributed by atoms with van der Waals surface area (Å²) in [6.07, 6.45) is 0.867. The SMILES string of the molecule is O=c1[nH]c(=O)n(CC2CO2)cc1F. The summed E-state index contributed by atoms with van der Waals surface area (Å²) >= 11 is 0. The van der Waals surface area contributed by atoms with Crippen LogP contribution in [0.1, 0.15) is 0 Å². The number of ether oxygens (including phenoxy) is 1. The summed E-state index contributed by atoms with van der Waals surface area (Å²) in [5.74, 6) is -0.958. The molecule has 1 aromatic heterocycles. The van der Waals surface area contributed by atoms with Gasteiger partial charge in [0.25, 0.3) is 5.56 Å². The first-order valence-electron chi connectivity index (χ1n) is 3.77. The van der Waals surface area contributed by atoms with E-state index in [-0.39, 0.29) is 12.6 Å². The molecule has 1 saturated heterocycles. The largest absolute Gasteiger partial charge is 0.371 e. The quantitative estimate of drug-likeness (QED) is 0.607. The van der Waals surface area contributed by atoms with E-state index in [9.17, 15) is 14.0 Å². The molecule has 13 heavy (non-hydrogen) atoms. The molecule has 1 N–H and O–H groups in total. The lowest BCUT2D eigenvalue weighted by molar-refractivity contribution is 0.376. The Morgan fingerprint density at radius 2 is 2.38 bits per heavy atom. The van der Waals surface area contributed by atoms with Crippen molar-refractivity contribution in [2.24, 2.45) is 0 Å². The molecule has 0 spiro atoms. The van der Waals surface area contributed by atoms with Crippen molar-refractivity contribution >= 4 is 0 Å². The fraction of sp³-hybridized carbons (Fsp3) is 0.429. The van der Waals surface area contributed by atoms with Crippen LogP contribution in [0.2, 0.25) is 0 Å². The number of aromatic nitrogens is 2. The van der Waals surface area contributed by atoms with Crippen molar-refractivity contribution in [2.75, 3.05) is 6.61 Å². The second-order valence-electron chi connectivity index (χ2n) is 2.84. The van der Waals surface area contributed by atoms with Gasteiger partial charge in [0.2, 0.25) is 5.82 Å². The molecule has 1 aromatic rings. The third kappa shape index (κ3) is 1.67. The maximum Gasteiger partial charge on any atom is 0.328 e.